The SMILES string of the molecule is [N-]=[N+]=NP1Oc2ccccc2O1. The predicted molar refractivity (Wildman–Crippen MR) is 43.8 cm³/mol. The van der Waals surface area contributed by atoms with Crippen LogP contribution < -0.4 is 9.05 Å². The summed E-state index contributed by atoms with van der Waals surface area (Å²) in [6.45, 7) is 0. The van der Waals surface area contributed by atoms with Crippen LogP contribution in [0, 0.1) is 0 Å². The van der Waals surface area contributed by atoms with Crippen LogP contribution in [0.3, 0.4) is 0 Å². The minimum absolute atomic E-state index is 0.635. The Kier molecular flexibility index (Phi) is 1.74. The number of nitrogens with zero attached hydrogens (tertiary/aromatic N) is 3. The van der Waals surface area contributed by atoms with E-state index in [1.807, 2.05) is 12.1 Å². The van der Waals surface area contributed by atoms with Gasteiger partial charge in [-0.25, -0.2) is 0 Å². The van der Waals surface area contributed by atoms with Crippen molar-refractivity contribution in [2.75, 3.05) is 0 Å². The molecule has 1 aromatic carbocycles. The fraction of sp³-hybridized carbons (Fsp3) is 0. The molecule has 0 N–H and O–H groups in total. The normalized spacial score (nSPS) is 14.0. The van der Waals surface area contributed by atoms with E-state index in [-0.39, 0.29) is 0 Å². The number of benzene rings is 1. The average Bonchev–Trinajstić information content (AvgIpc) is 2.47. The standard InChI is InChI=1S/C6H4N3O2P/c7-8-9-12-10-5-3-1-2-4-6(5)11-12/h1-4H. The summed E-state index contributed by atoms with van der Waals surface area (Å²) in [6, 6.07) is 7.20. The Morgan fingerprint density at radius 1 is 1.25 bits per heavy atom. The van der Waals surface area contributed by atoms with Gasteiger partial charge < -0.3 is 9.05 Å². The second kappa shape index (κ2) is 2.89. The monoisotopic (exact) mass is 181 g/mol. The van der Waals surface area contributed by atoms with Crippen molar-refractivity contribution < 1.29 is 9.05 Å². The van der Waals surface area contributed by atoms with Gasteiger partial charge in [-0.15, -0.1) is 0 Å². The van der Waals surface area contributed by atoms with Gasteiger partial charge in [-0.1, -0.05) is 12.1 Å². The van der Waals surface area contributed by atoms with E-state index < -0.39 is 8.53 Å². The van der Waals surface area contributed by atoms with E-state index in [0.29, 0.717) is 11.5 Å². The summed E-state index contributed by atoms with van der Waals surface area (Å²) >= 11 is 0. The summed E-state index contributed by atoms with van der Waals surface area (Å²) < 4.78 is 10.3. The Balaban J connectivity index is 2.27. The molecular weight excluding hydrogens is 177 g/mol. The van der Waals surface area contributed by atoms with Crippen molar-refractivity contribution in [1.29, 1.82) is 0 Å². The Labute approximate surface area is 69.5 Å². The lowest BCUT2D eigenvalue weighted by atomic mass is 10.3. The highest BCUT2D eigenvalue weighted by Crippen LogP contribution is 2.52. The molecule has 0 unspecified atom stereocenters. The van der Waals surface area contributed by atoms with Gasteiger partial charge >= 0.3 is 8.53 Å². The van der Waals surface area contributed by atoms with E-state index in [1.165, 1.54) is 0 Å². The molecule has 0 bridgehead atoms. The molecule has 1 aliphatic heterocycles. The van der Waals surface area contributed by atoms with Gasteiger partial charge in [0, 0.05) is 9.80 Å². The minimum Gasteiger partial charge on any atom is -0.430 e. The summed E-state index contributed by atoms with van der Waals surface area (Å²) in [6.07, 6.45) is 0. The number of rotatable bonds is 1. The lowest BCUT2D eigenvalue weighted by molar-refractivity contribution is 0.574. The molecule has 0 fully saturated rings. The van der Waals surface area contributed by atoms with Gasteiger partial charge in [0.2, 0.25) is 0 Å². The van der Waals surface area contributed by atoms with Crippen molar-refractivity contribution >= 4 is 8.53 Å². The van der Waals surface area contributed by atoms with Gasteiger partial charge in [0.05, 0.1) is 0 Å². The van der Waals surface area contributed by atoms with Crippen molar-refractivity contribution in [1.82, 2.24) is 0 Å². The van der Waals surface area contributed by atoms with E-state index in [1.54, 1.807) is 12.1 Å². The highest BCUT2D eigenvalue weighted by Gasteiger charge is 2.23. The molecule has 0 saturated carbocycles. The highest BCUT2D eigenvalue weighted by molar-refractivity contribution is 7.46. The molecule has 0 aromatic heterocycles. The molecule has 1 aromatic rings. The summed E-state index contributed by atoms with van der Waals surface area (Å²) in [7, 11) is -1.46. The van der Waals surface area contributed by atoms with Crippen LogP contribution in [-0.4, -0.2) is 0 Å². The van der Waals surface area contributed by atoms with E-state index >= 15 is 0 Å². The molecule has 60 valence electrons. The van der Waals surface area contributed by atoms with E-state index in [9.17, 15) is 0 Å². The van der Waals surface area contributed by atoms with Crippen molar-refractivity contribution in [3.63, 3.8) is 0 Å². The van der Waals surface area contributed by atoms with Gasteiger partial charge in [0.15, 0.2) is 11.5 Å². The molecule has 6 heteroatoms. The summed E-state index contributed by atoms with van der Waals surface area (Å²) in [5.41, 5.74) is 8.12. The smallest absolute Gasteiger partial charge is 0.387 e. The predicted octanol–water partition coefficient (Wildman–Crippen LogP) is 3.00. The molecule has 0 radical (unpaired) electrons. The van der Waals surface area contributed by atoms with Crippen LogP contribution in [0.5, 0.6) is 11.5 Å². The number of para-hydroxylation sites is 2. The first-order valence-electron chi connectivity index (χ1n) is 3.20. The first kappa shape index (κ1) is 7.22. The molecular formula is C6H4N3O2P. The van der Waals surface area contributed by atoms with Crippen molar-refractivity contribution in [3.8, 4) is 11.5 Å². The molecule has 2 rings (SSSR count). The van der Waals surface area contributed by atoms with Gasteiger partial charge in [-0.2, -0.15) is 0 Å². The molecule has 0 spiro atoms. The Hall–Kier alpha value is -1.44. The van der Waals surface area contributed by atoms with Crippen LogP contribution in [0.4, 0.5) is 0 Å². The van der Waals surface area contributed by atoms with Crippen LogP contribution in [0.2, 0.25) is 0 Å². The maximum atomic E-state index is 8.12. The first-order chi connectivity index (χ1) is 5.90. The number of hydrogen-bond donors (Lipinski definition) is 0. The lowest BCUT2D eigenvalue weighted by Gasteiger charge is -1.96. The average molecular weight is 181 g/mol. The van der Waals surface area contributed by atoms with E-state index in [4.69, 9.17) is 14.6 Å². The van der Waals surface area contributed by atoms with Crippen LogP contribution in [0.1, 0.15) is 0 Å². The Morgan fingerprint density at radius 2 is 1.83 bits per heavy atom. The fourth-order valence-corrected chi connectivity index (χ4v) is 1.67. The van der Waals surface area contributed by atoms with Crippen LogP contribution >= 0.6 is 8.53 Å². The second-order valence-electron chi connectivity index (χ2n) is 2.05. The molecule has 0 amide bonds. The highest BCUT2D eigenvalue weighted by atomic mass is 31.2. The molecule has 0 atom stereocenters. The van der Waals surface area contributed by atoms with Crippen molar-refractivity contribution in [2.45, 2.75) is 0 Å². The molecule has 0 saturated heterocycles. The van der Waals surface area contributed by atoms with Gasteiger partial charge in [-0.05, 0) is 17.7 Å². The number of azide groups is 1. The van der Waals surface area contributed by atoms with Gasteiger partial charge in [0.25, 0.3) is 0 Å². The summed E-state index contributed by atoms with van der Waals surface area (Å²) in [5, 5.41) is 0. The Morgan fingerprint density at radius 3 is 2.33 bits per heavy atom. The Bertz CT molecular complexity index is 325. The third-order valence-electron chi connectivity index (χ3n) is 1.32. The minimum atomic E-state index is -1.46. The second-order valence-corrected chi connectivity index (χ2v) is 3.07. The summed E-state index contributed by atoms with van der Waals surface area (Å²) in [5.74, 6) is 1.27. The van der Waals surface area contributed by atoms with E-state index in [2.05, 4.69) is 9.80 Å². The molecule has 12 heavy (non-hydrogen) atoms. The first-order valence-corrected chi connectivity index (χ1v) is 4.33. The van der Waals surface area contributed by atoms with Crippen LogP contribution in [-0.2, 0) is 0 Å². The zero-order valence-corrected chi connectivity index (χ0v) is 6.81. The van der Waals surface area contributed by atoms with E-state index in [0.717, 1.165) is 0 Å². The topological polar surface area (TPSA) is 67.2 Å². The van der Waals surface area contributed by atoms with Crippen molar-refractivity contribution in [2.24, 2.45) is 4.88 Å². The summed E-state index contributed by atoms with van der Waals surface area (Å²) in [4.78, 5) is 5.94. The maximum absolute atomic E-state index is 8.12. The van der Waals surface area contributed by atoms with Gasteiger partial charge in [0.1, 0.15) is 0 Å². The molecule has 5 nitrogen and oxygen atoms in total. The maximum Gasteiger partial charge on any atom is 0.387 e. The number of fused-ring (bicyclic) bond motifs is 1. The molecule has 1 heterocycles. The van der Waals surface area contributed by atoms with Crippen LogP contribution in [0.25, 0.3) is 10.4 Å². The zero-order chi connectivity index (χ0) is 8.39. The number of hydrogen-bond acceptors (Lipinski definition) is 3. The van der Waals surface area contributed by atoms with Crippen molar-refractivity contribution in [3.05, 3.63) is 34.7 Å². The third kappa shape index (κ3) is 1.16. The largest absolute Gasteiger partial charge is 0.430 e. The quantitative estimate of drug-likeness (QED) is 0.289. The van der Waals surface area contributed by atoms with Crippen LogP contribution in [0.15, 0.2) is 29.2 Å². The fourth-order valence-electron chi connectivity index (χ4n) is 0.857. The molecule has 1 aliphatic rings. The third-order valence-corrected chi connectivity index (χ3v) is 2.25. The van der Waals surface area contributed by atoms with Gasteiger partial charge in [-0.3, -0.25) is 0 Å². The molecule has 0 aliphatic carbocycles. The lowest BCUT2D eigenvalue weighted by Crippen LogP contribution is -1.77. The zero-order valence-electron chi connectivity index (χ0n) is 5.91.